The smallest absolute Gasteiger partial charge is 0.326 e. The summed E-state index contributed by atoms with van der Waals surface area (Å²) in [5.74, 6) is -1.63. The second-order valence-corrected chi connectivity index (χ2v) is 4.39. The van der Waals surface area contributed by atoms with Crippen molar-refractivity contribution >= 4 is 29.6 Å². The number of rotatable bonds is 9. The van der Waals surface area contributed by atoms with Gasteiger partial charge in [-0.05, 0) is 0 Å². The summed E-state index contributed by atoms with van der Waals surface area (Å²) >= 11 is 1.32. The third-order valence-corrected chi connectivity index (χ3v) is 2.82. The van der Waals surface area contributed by atoms with Crippen LogP contribution in [-0.2, 0) is 23.9 Å². The van der Waals surface area contributed by atoms with E-state index in [1.165, 1.54) is 11.8 Å². The lowest BCUT2D eigenvalue weighted by molar-refractivity contribution is -0.148. The highest BCUT2D eigenvalue weighted by atomic mass is 32.2. The van der Waals surface area contributed by atoms with Crippen molar-refractivity contribution in [1.29, 1.82) is 0 Å². The number of hydrogen-bond donors (Lipinski definition) is 2. The zero-order valence-electron chi connectivity index (χ0n) is 10.3. The zero-order valence-corrected chi connectivity index (χ0v) is 11.1. The van der Waals surface area contributed by atoms with Crippen molar-refractivity contribution in [3.63, 3.8) is 0 Å². The maximum absolute atomic E-state index is 11.4. The van der Waals surface area contributed by atoms with Crippen molar-refractivity contribution in [2.45, 2.75) is 12.5 Å². The summed E-state index contributed by atoms with van der Waals surface area (Å²) in [5.41, 5.74) is 0. The van der Waals surface area contributed by atoms with E-state index in [9.17, 15) is 14.4 Å². The molecule has 1 atom stereocenters. The Hall–Kier alpha value is -1.28. The monoisotopic (exact) mass is 279 g/mol. The van der Waals surface area contributed by atoms with Crippen LogP contribution < -0.4 is 5.32 Å². The summed E-state index contributed by atoms with van der Waals surface area (Å²) in [4.78, 5) is 33.2. The standard InChI is InChI=1S/C10H17NO6S/c1-16-3-4-18-6-8(12)11-7(10(14)15)5-9(13)17-2/h7H,3-6H2,1-2H3,(H,11,12)(H,14,15)/t7-/m0/s1. The Morgan fingerprint density at radius 3 is 2.50 bits per heavy atom. The van der Waals surface area contributed by atoms with E-state index in [4.69, 9.17) is 9.84 Å². The maximum atomic E-state index is 11.4. The number of hydrogen-bond acceptors (Lipinski definition) is 6. The minimum absolute atomic E-state index is 0.119. The van der Waals surface area contributed by atoms with Gasteiger partial charge in [-0.1, -0.05) is 0 Å². The largest absolute Gasteiger partial charge is 0.480 e. The van der Waals surface area contributed by atoms with Gasteiger partial charge < -0.3 is 19.9 Å². The van der Waals surface area contributed by atoms with Crippen LogP contribution in [0.2, 0.25) is 0 Å². The molecule has 0 aromatic rings. The number of carboxylic acid groups (broad SMARTS) is 1. The molecule has 0 aliphatic rings. The average Bonchev–Trinajstić information content (AvgIpc) is 2.33. The van der Waals surface area contributed by atoms with Gasteiger partial charge in [-0.25, -0.2) is 4.79 Å². The second kappa shape index (κ2) is 9.72. The first-order valence-electron chi connectivity index (χ1n) is 5.17. The molecule has 0 saturated heterocycles. The number of carboxylic acids is 1. The van der Waals surface area contributed by atoms with Gasteiger partial charge in [0.2, 0.25) is 5.91 Å². The molecule has 0 heterocycles. The van der Waals surface area contributed by atoms with Crippen LogP contribution in [0.25, 0.3) is 0 Å². The fraction of sp³-hybridized carbons (Fsp3) is 0.700. The normalized spacial score (nSPS) is 11.7. The molecule has 0 rings (SSSR count). The first kappa shape index (κ1) is 16.7. The van der Waals surface area contributed by atoms with Crippen molar-refractivity contribution in [3.8, 4) is 0 Å². The Labute approximate surface area is 109 Å². The number of methoxy groups -OCH3 is 2. The molecule has 0 aliphatic heterocycles. The third-order valence-electron chi connectivity index (χ3n) is 1.90. The molecule has 7 nitrogen and oxygen atoms in total. The van der Waals surface area contributed by atoms with Crippen LogP contribution in [0.5, 0.6) is 0 Å². The van der Waals surface area contributed by atoms with E-state index in [0.29, 0.717) is 12.4 Å². The number of amides is 1. The highest BCUT2D eigenvalue weighted by molar-refractivity contribution is 7.99. The first-order valence-corrected chi connectivity index (χ1v) is 6.32. The van der Waals surface area contributed by atoms with Gasteiger partial charge in [0.15, 0.2) is 0 Å². The predicted octanol–water partition coefficient (Wildman–Crippen LogP) is -0.501. The van der Waals surface area contributed by atoms with Gasteiger partial charge in [-0.2, -0.15) is 0 Å². The number of ether oxygens (including phenoxy) is 2. The minimum atomic E-state index is -1.27. The molecular weight excluding hydrogens is 262 g/mol. The molecule has 0 saturated carbocycles. The average molecular weight is 279 g/mol. The first-order chi connectivity index (χ1) is 8.51. The molecule has 2 N–H and O–H groups in total. The summed E-state index contributed by atoms with van der Waals surface area (Å²) in [6.45, 7) is 0.516. The molecule has 0 spiro atoms. The van der Waals surface area contributed by atoms with E-state index in [-0.39, 0.29) is 12.2 Å². The fourth-order valence-corrected chi connectivity index (χ4v) is 1.69. The number of nitrogens with one attached hydrogen (secondary N) is 1. The van der Waals surface area contributed by atoms with E-state index in [1.807, 2.05) is 0 Å². The number of thioether (sulfide) groups is 1. The van der Waals surface area contributed by atoms with Gasteiger partial charge in [0.05, 0.1) is 25.9 Å². The molecule has 0 aromatic carbocycles. The Morgan fingerprint density at radius 2 is 2.00 bits per heavy atom. The van der Waals surface area contributed by atoms with Crippen LogP contribution in [0.15, 0.2) is 0 Å². The van der Waals surface area contributed by atoms with E-state index in [1.54, 1.807) is 7.11 Å². The van der Waals surface area contributed by atoms with Crippen LogP contribution in [0.3, 0.4) is 0 Å². The van der Waals surface area contributed by atoms with Crippen molar-refractivity contribution < 1.29 is 29.0 Å². The number of esters is 1. The molecule has 0 unspecified atom stereocenters. The lowest BCUT2D eigenvalue weighted by atomic mass is 10.2. The molecule has 0 bridgehead atoms. The summed E-state index contributed by atoms with van der Waals surface area (Å²) < 4.78 is 9.15. The van der Waals surface area contributed by atoms with Gasteiger partial charge in [0.1, 0.15) is 6.04 Å². The lowest BCUT2D eigenvalue weighted by Gasteiger charge is -2.13. The quantitative estimate of drug-likeness (QED) is 0.433. The highest BCUT2D eigenvalue weighted by Gasteiger charge is 2.23. The van der Waals surface area contributed by atoms with Crippen molar-refractivity contribution in [2.75, 3.05) is 32.3 Å². The SMILES string of the molecule is COCCSCC(=O)N[C@@H](CC(=O)OC)C(=O)O. The van der Waals surface area contributed by atoms with Gasteiger partial charge in [0, 0.05) is 12.9 Å². The molecule has 104 valence electrons. The van der Waals surface area contributed by atoms with E-state index >= 15 is 0 Å². The number of carbonyl (C=O) groups is 3. The van der Waals surface area contributed by atoms with Crippen LogP contribution in [0, 0.1) is 0 Å². The number of carbonyl (C=O) groups excluding carboxylic acids is 2. The van der Waals surface area contributed by atoms with Gasteiger partial charge >= 0.3 is 11.9 Å². The van der Waals surface area contributed by atoms with E-state index in [2.05, 4.69) is 10.1 Å². The summed E-state index contributed by atoms with van der Waals surface area (Å²) in [6.07, 6.45) is -0.389. The Balaban J connectivity index is 4.04. The van der Waals surface area contributed by atoms with Crippen LogP contribution in [-0.4, -0.2) is 61.3 Å². The molecular formula is C10H17NO6S. The molecule has 8 heteroatoms. The van der Waals surface area contributed by atoms with Crippen LogP contribution >= 0.6 is 11.8 Å². The topological polar surface area (TPSA) is 102 Å². The second-order valence-electron chi connectivity index (χ2n) is 3.28. The summed E-state index contributed by atoms with van der Waals surface area (Å²) in [5, 5.41) is 11.1. The lowest BCUT2D eigenvalue weighted by Crippen LogP contribution is -2.43. The molecule has 0 fully saturated rings. The summed E-state index contributed by atoms with van der Waals surface area (Å²) in [6, 6.07) is -1.26. The molecule has 0 aliphatic carbocycles. The molecule has 0 aromatic heterocycles. The van der Waals surface area contributed by atoms with E-state index < -0.39 is 23.9 Å². The molecule has 1 amide bonds. The van der Waals surface area contributed by atoms with Crippen molar-refractivity contribution in [3.05, 3.63) is 0 Å². The van der Waals surface area contributed by atoms with Gasteiger partial charge in [-0.15, -0.1) is 11.8 Å². The minimum Gasteiger partial charge on any atom is -0.480 e. The third kappa shape index (κ3) is 7.91. The Bertz CT molecular complexity index is 296. The summed E-state index contributed by atoms with van der Waals surface area (Å²) in [7, 11) is 2.71. The Morgan fingerprint density at radius 1 is 1.33 bits per heavy atom. The Kier molecular flexibility index (Phi) is 9.03. The van der Waals surface area contributed by atoms with Gasteiger partial charge in [-0.3, -0.25) is 9.59 Å². The predicted molar refractivity (Wildman–Crippen MR) is 65.4 cm³/mol. The fourth-order valence-electron chi connectivity index (χ4n) is 0.993. The zero-order chi connectivity index (χ0) is 14.0. The van der Waals surface area contributed by atoms with Crippen LogP contribution in [0.4, 0.5) is 0 Å². The number of aliphatic carboxylic acids is 1. The van der Waals surface area contributed by atoms with Crippen LogP contribution in [0.1, 0.15) is 6.42 Å². The highest BCUT2D eigenvalue weighted by Crippen LogP contribution is 2.01. The van der Waals surface area contributed by atoms with Gasteiger partial charge in [0.25, 0.3) is 0 Å². The molecule has 0 radical (unpaired) electrons. The van der Waals surface area contributed by atoms with E-state index in [0.717, 1.165) is 7.11 Å². The van der Waals surface area contributed by atoms with Crippen molar-refractivity contribution in [2.24, 2.45) is 0 Å². The maximum Gasteiger partial charge on any atom is 0.326 e. The molecule has 18 heavy (non-hydrogen) atoms. The van der Waals surface area contributed by atoms with Crippen molar-refractivity contribution in [1.82, 2.24) is 5.32 Å².